The van der Waals surface area contributed by atoms with Crippen molar-refractivity contribution in [1.29, 1.82) is 0 Å². The van der Waals surface area contributed by atoms with E-state index in [0.717, 1.165) is 4.47 Å². The van der Waals surface area contributed by atoms with Gasteiger partial charge >= 0.3 is 5.97 Å². The minimum atomic E-state index is -0.975. The lowest BCUT2D eigenvalue weighted by Gasteiger charge is -2.17. The highest BCUT2D eigenvalue weighted by Gasteiger charge is 2.12. The van der Waals surface area contributed by atoms with E-state index < -0.39 is 5.97 Å². The molecule has 1 rings (SSSR count). The minimum Gasteiger partial charge on any atom is -0.480 e. The Morgan fingerprint density at radius 1 is 1.42 bits per heavy atom. The van der Waals surface area contributed by atoms with E-state index in [0.29, 0.717) is 12.2 Å². The molecule has 2 N–H and O–H groups in total. The molecular weight excluding hydrogens is 312 g/mol. The Balaban J connectivity index is 2.57. The Bertz CT molecular complexity index is 477. The summed E-state index contributed by atoms with van der Waals surface area (Å²) in [5.74, 6) is -1.24. The van der Waals surface area contributed by atoms with Crippen LogP contribution < -0.4 is 5.32 Å². The maximum atomic E-state index is 11.8. The van der Waals surface area contributed by atoms with Crippen molar-refractivity contribution in [3.63, 3.8) is 0 Å². The molecule has 0 saturated heterocycles. The van der Waals surface area contributed by atoms with Crippen molar-refractivity contribution in [2.75, 3.05) is 25.0 Å². The van der Waals surface area contributed by atoms with E-state index in [1.54, 1.807) is 24.3 Å². The zero-order valence-electron chi connectivity index (χ0n) is 10.3. The number of halogens is 1. The van der Waals surface area contributed by atoms with Gasteiger partial charge in [-0.1, -0.05) is 28.1 Å². The monoisotopic (exact) mass is 326 g/mol. The maximum absolute atomic E-state index is 11.8. The lowest BCUT2D eigenvalue weighted by Crippen LogP contribution is -2.37. The van der Waals surface area contributed by atoms with Gasteiger partial charge in [-0.15, -0.1) is 6.58 Å². The van der Waals surface area contributed by atoms with Crippen molar-refractivity contribution in [2.24, 2.45) is 0 Å². The van der Waals surface area contributed by atoms with Gasteiger partial charge in [0, 0.05) is 16.7 Å². The molecule has 6 heteroatoms. The second-order valence-electron chi connectivity index (χ2n) is 3.91. The third-order valence-corrected chi connectivity index (χ3v) is 2.72. The maximum Gasteiger partial charge on any atom is 0.317 e. The number of carboxylic acid groups (broad SMARTS) is 1. The Hall–Kier alpha value is -1.66. The summed E-state index contributed by atoms with van der Waals surface area (Å²) in [6.07, 6.45) is 1.56. The summed E-state index contributed by atoms with van der Waals surface area (Å²) in [4.78, 5) is 23.9. The first-order chi connectivity index (χ1) is 9.01. The molecule has 0 atom stereocenters. The van der Waals surface area contributed by atoms with Crippen LogP contribution in [-0.4, -0.2) is 41.5 Å². The van der Waals surface area contributed by atoms with Gasteiger partial charge in [-0.25, -0.2) is 0 Å². The smallest absolute Gasteiger partial charge is 0.317 e. The molecule has 102 valence electrons. The van der Waals surface area contributed by atoms with E-state index in [2.05, 4.69) is 27.8 Å². The average molecular weight is 327 g/mol. The molecule has 0 aliphatic heterocycles. The van der Waals surface area contributed by atoms with Crippen LogP contribution in [0.25, 0.3) is 0 Å². The first kappa shape index (κ1) is 15.4. The van der Waals surface area contributed by atoms with E-state index in [1.165, 1.54) is 4.90 Å². The van der Waals surface area contributed by atoms with Crippen LogP contribution in [0.4, 0.5) is 5.69 Å². The molecule has 19 heavy (non-hydrogen) atoms. The highest BCUT2D eigenvalue weighted by atomic mass is 79.9. The fraction of sp³-hybridized carbons (Fsp3) is 0.231. The van der Waals surface area contributed by atoms with E-state index in [9.17, 15) is 9.59 Å². The summed E-state index contributed by atoms with van der Waals surface area (Å²) >= 11 is 3.31. The van der Waals surface area contributed by atoms with E-state index in [4.69, 9.17) is 5.11 Å². The third kappa shape index (κ3) is 6.17. The van der Waals surface area contributed by atoms with E-state index in [1.807, 2.05) is 6.07 Å². The Morgan fingerprint density at radius 3 is 2.74 bits per heavy atom. The first-order valence-electron chi connectivity index (χ1n) is 5.61. The summed E-state index contributed by atoms with van der Waals surface area (Å²) in [5, 5.41) is 11.4. The Morgan fingerprint density at radius 2 is 2.16 bits per heavy atom. The van der Waals surface area contributed by atoms with Crippen LogP contribution in [0, 0.1) is 0 Å². The number of carbonyl (C=O) groups is 2. The van der Waals surface area contributed by atoms with Crippen molar-refractivity contribution in [3.8, 4) is 0 Å². The van der Waals surface area contributed by atoms with Crippen LogP contribution in [0.3, 0.4) is 0 Å². The fourth-order valence-electron chi connectivity index (χ4n) is 1.53. The number of hydrogen-bond acceptors (Lipinski definition) is 3. The van der Waals surface area contributed by atoms with Gasteiger partial charge < -0.3 is 10.4 Å². The quantitative estimate of drug-likeness (QED) is 0.751. The molecule has 0 bridgehead atoms. The van der Waals surface area contributed by atoms with Crippen LogP contribution in [0.1, 0.15) is 0 Å². The molecule has 0 spiro atoms. The first-order valence-corrected chi connectivity index (χ1v) is 6.41. The highest BCUT2D eigenvalue weighted by molar-refractivity contribution is 9.10. The van der Waals surface area contributed by atoms with Crippen LogP contribution in [0.15, 0.2) is 41.4 Å². The number of anilines is 1. The molecule has 0 fully saturated rings. The number of carbonyl (C=O) groups excluding carboxylic acids is 1. The fourth-order valence-corrected chi connectivity index (χ4v) is 1.93. The molecular formula is C13H15BrN2O3. The molecule has 0 aromatic heterocycles. The lowest BCUT2D eigenvalue weighted by atomic mass is 10.3. The summed E-state index contributed by atoms with van der Waals surface area (Å²) in [7, 11) is 0. The van der Waals surface area contributed by atoms with Crippen LogP contribution >= 0.6 is 15.9 Å². The van der Waals surface area contributed by atoms with Crippen LogP contribution in [0.5, 0.6) is 0 Å². The summed E-state index contributed by atoms with van der Waals surface area (Å²) in [6.45, 7) is 3.69. The van der Waals surface area contributed by atoms with E-state index in [-0.39, 0.29) is 19.0 Å². The van der Waals surface area contributed by atoms with Gasteiger partial charge in [0.05, 0.1) is 13.1 Å². The number of rotatable bonds is 7. The zero-order chi connectivity index (χ0) is 14.3. The second kappa shape index (κ2) is 7.70. The number of amides is 1. The summed E-state index contributed by atoms with van der Waals surface area (Å²) in [5.41, 5.74) is 0.660. The molecule has 0 aliphatic carbocycles. The lowest BCUT2D eigenvalue weighted by molar-refractivity contribution is -0.138. The third-order valence-electron chi connectivity index (χ3n) is 2.22. The van der Waals surface area contributed by atoms with Crippen LogP contribution in [-0.2, 0) is 9.59 Å². The van der Waals surface area contributed by atoms with Gasteiger partial charge in [0.2, 0.25) is 5.91 Å². The number of nitrogens with one attached hydrogen (secondary N) is 1. The van der Waals surface area contributed by atoms with Crippen molar-refractivity contribution in [1.82, 2.24) is 4.90 Å². The normalized spacial score (nSPS) is 10.2. The molecule has 0 unspecified atom stereocenters. The molecule has 1 aromatic carbocycles. The van der Waals surface area contributed by atoms with Gasteiger partial charge in [-0.2, -0.15) is 0 Å². The topological polar surface area (TPSA) is 69.6 Å². The van der Waals surface area contributed by atoms with Gasteiger partial charge in [0.15, 0.2) is 0 Å². The van der Waals surface area contributed by atoms with Gasteiger partial charge in [0.25, 0.3) is 0 Å². The largest absolute Gasteiger partial charge is 0.480 e. The van der Waals surface area contributed by atoms with Gasteiger partial charge in [-0.05, 0) is 18.2 Å². The zero-order valence-corrected chi connectivity index (χ0v) is 11.9. The van der Waals surface area contributed by atoms with Crippen molar-refractivity contribution in [2.45, 2.75) is 0 Å². The second-order valence-corrected chi connectivity index (χ2v) is 4.83. The van der Waals surface area contributed by atoms with Crippen molar-refractivity contribution < 1.29 is 14.7 Å². The SMILES string of the molecule is C=CCN(CC(=O)O)CC(=O)Nc1cccc(Br)c1. The Labute approximate surface area is 120 Å². The molecule has 0 radical (unpaired) electrons. The molecule has 0 heterocycles. The van der Waals surface area contributed by atoms with Gasteiger partial charge in [-0.3, -0.25) is 14.5 Å². The average Bonchev–Trinajstić information content (AvgIpc) is 2.27. The molecule has 1 aromatic rings. The standard InChI is InChI=1S/C13H15BrN2O3/c1-2-6-16(9-13(18)19)8-12(17)15-11-5-3-4-10(14)7-11/h2-5,7H,1,6,8-9H2,(H,15,17)(H,18,19). The van der Waals surface area contributed by atoms with Crippen LogP contribution in [0.2, 0.25) is 0 Å². The Kier molecular flexibility index (Phi) is 6.24. The molecule has 0 saturated carbocycles. The number of hydrogen-bond donors (Lipinski definition) is 2. The van der Waals surface area contributed by atoms with Gasteiger partial charge in [0.1, 0.15) is 0 Å². The summed E-state index contributed by atoms with van der Waals surface area (Å²) < 4.78 is 0.860. The van der Waals surface area contributed by atoms with Crippen molar-refractivity contribution >= 4 is 33.5 Å². The van der Waals surface area contributed by atoms with Crippen molar-refractivity contribution in [3.05, 3.63) is 41.4 Å². The number of nitrogens with zero attached hydrogens (tertiary/aromatic N) is 1. The predicted octanol–water partition coefficient (Wildman–Crippen LogP) is 1.96. The molecule has 5 nitrogen and oxygen atoms in total. The predicted molar refractivity (Wildman–Crippen MR) is 77.0 cm³/mol. The summed E-state index contributed by atoms with van der Waals surface area (Å²) in [6, 6.07) is 7.19. The number of carboxylic acids is 1. The minimum absolute atomic E-state index is 0.00479. The highest BCUT2D eigenvalue weighted by Crippen LogP contribution is 2.15. The molecule has 1 amide bonds. The number of benzene rings is 1. The van der Waals surface area contributed by atoms with E-state index >= 15 is 0 Å². The number of aliphatic carboxylic acids is 1. The molecule has 0 aliphatic rings.